The molecule has 0 saturated carbocycles. The summed E-state index contributed by atoms with van der Waals surface area (Å²) in [6, 6.07) is 7.57. The molecule has 0 aromatic heterocycles. The van der Waals surface area contributed by atoms with E-state index in [1.807, 2.05) is 24.3 Å². The minimum absolute atomic E-state index is 0.00112. The first-order valence-corrected chi connectivity index (χ1v) is 5.45. The molecule has 0 amide bonds. The Kier molecular flexibility index (Phi) is 4.28. The van der Waals surface area contributed by atoms with Gasteiger partial charge in [0.2, 0.25) is 0 Å². The van der Waals surface area contributed by atoms with Gasteiger partial charge in [0, 0.05) is 6.04 Å². The van der Waals surface area contributed by atoms with Gasteiger partial charge in [-0.05, 0) is 17.9 Å². The summed E-state index contributed by atoms with van der Waals surface area (Å²) in [4.78, 5) is 3.36. The Labute approximate surface area is 97.6 Å². The Morgan fingerprint density at radius 2 is 1.94 bits per heavy atom. The standard InChI is InChI=1S/C14H18N2/c1-10(2)11(3)14(15)9-12-5-7-13(16-4)8-6-12/h5-8,10,14H,3,9,15H2,1-2H3/t14-/m1/s1. The highest BCUT2D eigenvalue weighted by Gasteiger charge is 2.11. The van der Waals surface area contributed by atoms with Crippen molar-refractivity contribution in [1.29, 1.82) is 0 Å². The summed E-state index contributed by atoms with van der Waals surface area (Å²) in [6.07, 6.45) is 0.787. The maximum Gasteiger partial charge on any atom is 0.187 e. The first-order chi connectivity index (χ1) is 7.54. The van der Waals surface area contributed by atoms with Crippen LogP contribution in [-0.4, -0.2) is 6.04 Å². The van der Waals surface area contributed by atoms with E-state index in [2.05, 4.69) is 25.3 Å². The first kappa shape index (κ1) is 12.5. The second-order valence-electron chi connectivity index (χ2n) is 4.32. The fourth-order valence-corrected chi connectivity index (χ4v) is 1.52. The summed E-state index contributed by atoms with van der Waals surface area (Å²) in [5, 5.41) is 0. The van der Waals surface area contributed by atoms with E-state index in [-0.39, 0.29) is 6.04 Å². The number of nitrogens with zero attached hydrogens (tertiary/aromatic N) is 1. The molecule has 0 aliphatic heterocycles. The van der Waals surface area contributed by atoms with Gasteiger partial charge in [-0.2, -0.15) is 0 Å². The van der Waals surface area contributed by atoms with Crippen LogP contribution < -0.4 is 5.73 Å². The van der Waals surface area contributed by atoms with Crippen LogP contribution in [0.4, 0.5) is 5.69 Å². The summed E-state index contributed by atoms with van der Waals surface area (Å²) < 4.78 is 0. The Balaban J connectivity index is 2.67. The summed E-state index contributed by atoms with van der Waals surface area (Å²) in [5.74, 6) is 0.414. The Morgan fingerprint density at radius 3 is 2.38 bits per heavy atom. The molecule has 0 unspecified atom stereocenters. The molecule has 2 heteroatoms. The molecule has 0 heterocycles. The third-order valence-corrected chi connectivity index (χ3v) is 2.74. The lowest BCUT2D eigenvalue weighted by molar-refractivity contribution is 0.642. The Morgan fingerprint density at radius 1 is 1.38 bits per heavy atom. The quantitative estimate of drug-likeness (QED) is 0.605. The van der Waals surface area contributed by atoms with Gasteiger partial charge >= 0.3 is 0 Å². The lowest BCUT2D eigenvalue weighted by Crippen LogP contribution is -2.27. The van der Waals surface area contributed by atoms with Crippen molar-refractivity contribution in [2.24, 2.45) is 11.7 Å². The van der Waals surface area contributed by atoms with Crippen LogP contribution in [0.2, 0.25) is 0 Å². The predicted molar refractivity (Wildman–Crippen MR) is 68.4 cm³/mol. The third kappa shape index (κ3) is 3.22. The van der Waals surface area contributed by atoms with E-state index in [0.717, 1.165) is 17.6 Å². The van der Waals surface area contributed by atoms with Crippen molar-refractivity contribution in [1.82, 2.24) is 0 Å². The van der Waals surface area contributed by atoms with Crippen LogP contribution in [0.15, 0.2) is 36.4 Å². The molecule has 16 heavy (non-hydrogen) atoms. The molecule has 0 saturated heterocycles. The van der Waals surface area contributed by atoms with Crippen LogP contribution in [-0.2, 0) is 6.42 Å². The second-order valence-corrected chi connectivity index (χ2v) is 4.32. The molecular weight excluding hydrogens is 196 g/mol. The van der Waals surface area contributed by atoms with E-state index in [9.17, 15) is 0 Å². The van der Waals surface area contributed by atoms with E-state index in [0.29, 0.717) is 11.6 Å². The molecule has 0 radical (unpaired) electrons. The summed E-state index contributed by atoms with van der Waals surface area (Å²) in [6.45, 7) is 15.1. The minimum atomic E-state index is -0.00112. The highest BCUT2D eigenvalue weighted by Crippen LogP contribution is 2.17. The number of nitrogens with two attached hydrogens (primary N) is 1. The monoisotopic (exact) mass is 214 g/mol. The molecule has 2 nitrogen and oxygen atoms in total. The van der Waals surface area contributed by atoms with Crippen molar-refractivity contribution in [2.45, 2.75) is 26.3 Å². The normalized spacial score (nSPS) is 12.2. The number of benzene rings is 1. The molecule has 0 aliphatic rings. The van der Waals surface area contributed by atoms with Gasteiger partial charge in [0.1, 0.15) is 0 Å². The van der Waals surface area contributed by atoms with Crippen molar-refractivity contribution >= 4 is 5.69 Å². The zero-order chi connectivity index (χ0) is 12.1. The van der Waals surface area contributed by atoms with E-state index in [4.69, 9.17) is 12.3 Å². The van der Waals surface area contributed by atoms with Gasteiger partial charge in [0.25, 0.3) is 0 Å². The largest absolute Gasteiger partial charge is 0.324 e. The zero-order valence-corrected chi connectivity index (χ0v) is 9.90. The molecule has 1 rings (SSSR count). The fourth-order valence-electron chi connectivity index (χ4n) is 1.52. The smallest absolute Gasteiger partial charge is 0.187 e. The van der Waals surface area contributed by atoms with Crippen molar-refractivity contribution in [3.05, 3.63) is 53.4 Å². The Bertz CT molecular complexity index is 396. The van der Waals surface area contributed by atoms with Crippen LogP contribution in [0, 0.1) is 12.5 Å². The predicted octanol–water partition coefficient (Wildman–Crippen LogP) is 3.32. The van der Waals surface area contributed by atoms with Gasteiger partial charge in [-0.1, -0.05) is 50.3 Å². The van der Waals surface area contributed by atoms with Crippen LogP contribution in [0.3, 0.4) is 0 Å². The topological polar surface area (TPSA) is 30.4 Å². The lowest BCUT2D eigenvalue weighted by atomic mass is 9.93. The third-order valence-electron chi connectivity index (χ3n) is 2.74. The number of hydrogen-bond donors (Lipinski definition) is 1. The maximum atomic E-state index is 6.87. The lowest BCUT2D eigenvalue weighted by Gasteiger charge is -2.18. The zero-order valence-electron chi connectivity index (χ0n) is 9.90. The molecule has 1 aromatic carbocycles. The van der Waals surface area contributed by atoms with Crippen molar-refractivity contribution in [3.63, 3.8) is 0 Å². The molecule has 2 N–H and O–H groups in total. The van der Waals surface area contributed by atoms with E-state index < -0.39 is 0 Å². The summed E-state index contributed by atoms with van der Waals surface area (Å²) >= 11 is 0. The molecule has 0 fully saturated rings. The van der Waals surface area contributed by atoms with Crippen molar-refractivity contribution in [2.75, 3.05) is 0 Å². The van der Waals surface area contributed by atoms with Gasteiger partial charge in [0.15, 0.2) is 5.69 Å². The molecule has 84 valence electrons. The Hall–Kier alpha value is -1.59. The fraction of sp³-hybridized carbons (Fsp3) is 0.357. The van der Waals surface area contributed by atoms with Crippen molar-refractivity contribution < 1.29 is 0 Å². The van der Waals surface area contributed by atoms with Gasteiger partial charge in [-0.3, -0.25) is 0 Å². The van der Waals surface area contributed by atoms with Gasteiger partial charge < -0.3 is 5.73 Å². The molecule has 1 aromatic rings. The molecule has 0 aliphatic carbocycles. The molecule has 0 bridgehead atoms. The number of hydrogen-bond acceptors (Lipinski definition) is 1. The van der Waals surface area contributed by atoms with Crippen LogP contribution in [0.25, 0.3) is 4.85 Å². The summed E-state index contributed by atoms with van der Waals surface area (Å²) in [7, 11) is 0. The highest BCUT2D eigenvalue weighted by molar-refractivity contribution is 5.45. The van der Waals surface area contributed by atoms with E-state index in [1.165, 1.54) is 0 Å². The maximum absolute atomic E-state index is 6.87. The highest BCUT2D eigenvalue weighted by atomic mass is 14.6. The molecular formula is C14H18N2. The molecule has 0 spiro atoms. The average Bonchev–Trinajstić information content (AvgIpc) is 2.28. The molecule has 1 atom stereocenters. The van der Waals surface area contributed by atoms with E-state index >= 15 is 0 Å². The average molecular weight is 214 g/mol. The van der Waals surface area contributed by atoms with Crippen LogP contribution >= 0.6 is 0 Å². The summed E-state index contributed by atoms with van der Waals surface area (Å²) in [5.41, 5.74) is 8.96. The van der Waals surface area contributed by atoms with Crippen molar-refractivity contribution in [3.8, 4) is 0 Å². The van der Waals surface area contributed by atoms with Gasteiger partial charge in [-0.25, -0.2) is 4.85 Å². The number of rotatable bonds is 4. The SMILES string of the molecule is [C-]#[N+]c1ccc(C[C@@H](N)C(=C)C(C)C)cc1. The second kappa shape index (κ2) is 5.48. The van der Waals surface area contributed by atoms with Gasteiger partial charge in [-0.15, -0.1) is 0 Å². The van der Waals surface area contributed by atoms with Crippen LogP contribution in [0.5, 0.6) is 0 Å². The first-order valence-electron chi connectivity index (χ1n) is 5.45. The van der Waals surface area contributed by atoms with E-state index in [1.54, 1.807) is 0 Å². The van der Waals surface area contributed by atoms with Gasteiger partial charge in [0.05, 0.1) is 6.57 Å². The minimum Gasteiger partial charge on any atom is -0.324 e. The van der Waals surface area contributed by atoms with Crippen LogP contribution in [0.1, 0.15) is 19.4 Å².